The first-order valence-electron chi connectivity index (χ1n) is 32.8. The number of phosphoric acid groups is 2. The largest absolute Gasteiger partial charge is 0.497 e. The molecule has 41 heteroatoms. The van der Waals surface area contributed by atoms with Crippen LogP contribution in [-0.4, -0.2) is 259 Å². The number of nitrogens with two attached hydrogens (primary N) is 1. The van der Waals surface area contributed by atoms with Crippen LogP contribution in [0.3, 0.4) is 0 Å². The minimum absolute atomic E-state index is 0.0330. The van der Waals surface area contributed by atoms with Gasteiger partial charge >= 0.3 is 39.4 Å². The number of carbonyl (C=O) groups is 7. The summed E-state index contributed by atoms with van der Waals surface area (Å²) in [5.41, 5.74) is 4.83. The van der Waals surface area contributed by atoms with Crippen LogP contribution in [0.1, 0.15) is 90.7 Å². The fourth-order valence-electron chi connectivity index (χ4n) is 11.0. The molecule has 11 atom stereocenters. The molecule has 7 rings (SSSR count). The van der Waals surface area contributed by atoms with Crippen LogP contribution >= 0.6 is 15.6 Å². The number of hydrogen-bond donors (Lipinski definition) is 11. The van der Waals surface area contributed by atoms with Gasteiger partial charge in [-0.1, -0.05) is 25.0 Å². The van der Waals surface area contributed by atoms with E-state index in [2.05, 4.69) is 46.5 Å². The standard InChI is InChI=1S/C61H92N16O23P2/c1-38(78)63-20-12-13-41(69-60(88)99-61(2,3)4)56(85)68-42(29-39-14-16-40(93-7)17-15-39)57(86)71-51-45(98-58(53(51)84)77-37-67-52-54(72(5)6)65-36-66-55(52)77)35-96-102(91,92)100-43-30-48(76-21-18-46(62)70-59(76)87)97-44(43)34-95-101(89,90)94-28-11-9-8-10-19-64-47(79)31-73-22-24-74(32-49(80)81)26-27-75(25-23-73)33-50(82)83/h14-18,21-22,24,36-37,41-45,48,51,53,58,84H,8-13,19-20,23,25-35H2,1-7H3,(H,63,78)(H,64,79)(H,68,85)(H,69,88)(H,71,86)(H,80,81)(H,82,83)(H,89,90)(H,91,92)(H2,62,70,87)/t41-,42+,43?,44-,45-,48-,51?,53+,58-/m1/s1. The van der Waals surface area contributed by atoms with E-state index in [1.807, 2.05) is 0 Å². The summed E-state index contributed by atoms with van der Waals surface area (Å²) in [6.45, 7) is 5.12. The van der Waals surface area contributed by atoms with Crippen molar-refractivity contribution in [3.05, 3.63) is 77.6 Å². The van der Waals surface area contributed by atoms with Crippen molar-refractivity contribution in [1.29, 1.82) is 0 Å². The van der Waals surface area contributed by atoms with E-state index >= 15 is 0 Å². The Hall–Kier alpha value is -8.46. The summed E-state index contributed by atoms with van der Waals surface area (Å²) in [7, 11) is -5.41. The van der Waals surface area contributed by atoms with Crippen LogP contribution in [0.5, 0.6) is 5.75 Å². The lowest BCUT2D eigenvalue weighted by Crippen LogP contribution is -2.58. The van der Waals surface area contributed by atoms with Crippen molar-refractivity contribution >= 4 is 80.1 Å². The summed E-state index contributed by atoms with van der Waals surface area (Å²) in [6, 6.07) is 3.44. The molecule has 2 fully saturated rings. The Labute approximate surface area is 586 Å². The van der Waals surface area contributed by atoms with Crippen molar-refractivity contribution < 1.29 is 105 Å². The van der Waals surface area contributed by atoms with Gasteiger partial charge in [-0.05, 0) is 70.2 Å². The molecule has 12 N–H and O–H groups in total. The molecule has 0 spiro atoms. The first-order valence-corrected chi connectivity index (χ1v) is 35.8. The quantitative estimate of drug-likeness (QED) is 0.0212. The van der Waals surface area contributed by atoms with Crippen molar-refractivity contribution in [2.45, 2.75) is 140 Å². The maximum atomic E-state index is 15.0. The van der Waals surface area contributed by atoms with E-state index in [4.69, 9.17) is 42.8 Å². The van der Waals surface area contributed by atoms with Crippen molar-refractivity contribution in [2.75, 3.05) is 111 Å². The molecule has 3 aliphatic rings. The zero-order valence-electron chi connectivity index (χ0n) is 57.6. The van der Waals surface area contributed by atoms with Gasteiger partial charge in [0.1, 0.15) is 72.8 Å². The Balaban J connectivity index is 1.02. The molecular formula is C61H92N16O23P2. The highest BCUT2D eigenvalue weighted by atomic mass is 31.2. The maximum Gasteiger partial charge on any atom is 0.472 e. The lowest BCUT2D eigenvalue weighted by molar-refractivity contribution is -0.139. The second-order valence-corrected chi connectivity index (χ2v) is 28.3. The van der Waals surface area contributed by atoms with Crippen molar-refractivity contribution in [1.82, 2.24) is 70.4 Å². The van der Waals surface area contributed by atoms with Crippen LogP contribution in [0.2, 0.25) is 0 Å². The minimum Gasteiger partial charge on any atom is -0.497 e. The fourth-order valence-corrected chi connectivity index (χ4v) is 12.8. The zero-order valence-corrected chi connectivity index (χ0v) is 59.4. The number of carboxylic acids is 2. The number of imidazole rings is 1. The summed E-state index contributed by atoms with van der Waals surface area (Å²) < 4.78 is 75.0. The number of nitrogens with one attached hydrogen (secondary N) is 5. The predicted octanol–water partition coefficient (Wildman–Crippen LogP) is 0.180. The first kappa shape index (κ1) is 80.8. The van der Waals surface area contributed by atoms with Gasteiger partial charge in [-0.3, -0.25) is 60.9 Å². The third kappa shape index (κ3) is 25.5. The second-order valence-electron chi connectivity index (χ2n) is 25.4. The zero-order chi connectivity index (χ0) is 74.5. The van der Waals surface area contributed by atoms with E-state index in [0.717, 1.165) is 4.57 Å². The number of aromatic nitrogens is 6. The molecule has 4 aromatic rings. The van der Waals surface area contributed by atoms with E-state index in [-0.39, 0.29) is 100 Å². The van der Waals surface area contributed by atoms with Crippen LogP contribution in [0.25, 0.3) is 11.2 Å². The second kappa shape index (κ2) is 37.6. The molecule has 0 radical (unpaired) electrons. The summed E-state index contributed by atoms with van der Waals surface area (Å²) in [6.07, 6.45) is -1.73. The number of methoxy groups -OCH3 is 1. The highest BCUT2D eigenvalue weighted by molar-refractivity contribution is 7.47. The van der Waals surface area contributed by atoms with Crippen LogP contribution in [0.4, 0.5) is 16.4 Å². The Morgan fingerprint density at radius 1 is 0.775 bits per heavy atom. The predicted molar refractivity (Wildman–Crippen MR) is 360 cm³/mol. The van der Waals surface area contributed by atoms with Gasteiger partial charge in [0.25, 0.3) is 0 Å². The number of carbonyl (C=O) groups excluding carboxylic acids is 5. The molecule has 3 aliphatic heterocycles. The third-order valence-electron chi connectivity index (χ3n) is 16.0. The fraction of sp³-hybridized carbons (Fsp3) is 0.607. The van der Waals surface area contributed by atoms with Crippen LogP contribution in [0, 0.1) is 0 Å². The Morgan fingerprint density at radius 3 is 2.10 bits per heavy atom. The van der Waals surface area contributed by atoms with Crippen molar-refractivity contribution in [3.8, 4) is 5.75 Å². The molecule has 102 heavy (non-hydrogen) atoms. The summed E-state index contributed by atoms with van der Waals surface area (Å²) >= 11 is 0. The smallest absolute Gasteiger partial charge is 0.472 e. The first-order chi connectivity index (χ1) is 48.2. The van der Waals surface area contributed by atoms with Crippen LogP contribution in [-0.2, 0) is 76.6 Å². The van der Waals surface area contributed by atoms with E-state index in [1.165, 1.54) is 48.4 Å². The number of carboxylic acid groups (broad SMARTS) is 2. The monoisotopic (exact) mass is 1480 g/mol. The third-order valence-corrected chi connectivity index (χ3v) is 18.0. The highest BCUT2D eigenvalue weighted by Gasteiger charge is 2.49. The normalized spacial score (nSPS) is 21.3. The number of amides is 5. The number of aliphatic carboxylic acids is 2. The summed E-state index contributed by atoms with van der Waals surface area (Å²) in [4.78, 5) is 149. The number of aliphatic hydroxyl groups is 1. The summed E-state index contributed by atoms with van der Waals surface area (Å²) in [5.74, 6) is -3.81. The molecule has 3 aromatic heterocycles. The average Bonchev–Trinajstić information content (AvgIpc) is 1.61. The van der Waals surface area contributed by atoms with Crippen LogP contribution < -0.4 is 47.6 Å². The maximum absolute atomic E-state index is 15.0. The number of ether oxygens (including phenoxy) is 4. The van der Waals surface area contributed by atoms with E-state index in [9.17, 15) is 72.6 Å². The van der Waals surface area contributed by atoms with E-state index < -0.39 is 131 Å². The Bertz CT molecular complexity index is 3690. The van der Waals surface area contributed by atoms with Crippen molar-refractivity contribution in [2.24, 2.45) is 0 Å². The number of phosphoric ester groups is 2. The molecule has 5 amide bonds. The van der Waals surface area contributed by atoms with Gasteiger partial charge in [0.15, 0.2) is 23.2 Å². The lowest BCUT2D eigenvalue weighted by Gasteiger charge is -2.28. The number of nitrogens with zero attached hydrogens (tertiary/aromatic N) is 10. The molecule has 4 unspecified atom stereocenters. The minimum atomic E-state index is -5.40. The molecule has 0 saturated carbocycles. The molecule has 564 valence electrons. The number of benzene rings is 1. The van der Waals surface area contributed by atoms with Gasteiger partial charge in [-0.15, -0.1) is 0 Å². The Morgan fingerprint density at radius 2 is 1.44 bits per heavy atom. The summed E-state index contributed by atoms with van der Waals surface area (Å²) in [5, 5.41) is 44.5. The number of unbranched alkanes of at least 4 members (excludes halogenated alkanes) is 3. The van der Waals surface area contributed by atoms with Gasteiger partial charge in [0.05, 0.1) is 52.4 Å². The van der Waals surface area contributed by atoms with Gasteiger partial charge in [0, 0.05) is 91.7 Å². The van der Waals surface area contributed by atoms with Gasteiger partial charge < -0.3 is 91.1 Å². The number of anilines is 2. The molecule has 0 bridgehead atoms. The molecular weight excluding hydrogens is 1390 g/mol. The number of hydrogen-bond acceptors (Lipinski definition) is 28. The highest BCUT2D eigenvalue weighted by Crippen LogP contribution is 2.51. The lowest BCUT2D eigenvalue weighted by atomic mass is 10.0. The van der Waals surface area contributed by atoms with Gasteiger partial charge in [0.2, 0.25) is 23.6 Å². The van der Waals surface area contributed by atoms with E-state index in [0.29, 0.717) is 56.0 Å². The van der Waals surface area contributed by atoms with E-state index in [1.54, 1.807) is 86.2 Å². The molecule has 6 heterocycles. The van der Waals surface area contributed by atoms with Gasteiger partial charge in [-0.2, -0.15) is 4.98 Å². The number of nitrogen functional groups attached to an aromatic ring is 1. The topological polar surface area (TPSA) is 506 Å². The number of alkyl carbamates (subject to hydrolysis) is 1. The SMILES string of the molecule is COc1ccc(C[C@H](NC(=O)[C@@H](CCCNC(C)=O)NC(=O)OC(C)(C)C)C(=O)NC2[C@@H](COP(=O)(O)OC3C[C@H](n4ccc(N)nc4=O)O[C@@H]3COP(=O)(O)OCCCCCCNC(=O)CN3C=CN(CC(=O)O)CCN(CC(=O)O)CC3)O[C@@H](n3cnc4c(N(C)C)ncnc43)[C@H]2O)cc1. The van der Waals surface area contributed by atoms with Crippen molar-refractivity contribution in [3.63, 3.8) is 0 Å². The number of rotatable bonds is 37. The molecule has 39 nitrogen and oxygen atoms in total. The van der Waals surface area contributed by atoms with Crippen LogP contribution in [0.15, 0.2) is 66.4 Å². The molecule has 1 aromatic carbocycles. The Kier molecular flexibility index (Phi) is 29.8. The average molecular weight is 1480 g/mol. The van der Waals surface area contributed by atoms with Gasteiger partial charge in [-0.25, -0.2) is 33.7 Å². The molecule has 0 aliphatic carbocycles. The number of fused-ring (bicyclic) bond motifs is 1. The molecule has 2 saturated heterocycles. The number of aliphatic hydroxyl groups excluding tert-OH is 1.